The van der Waals surface area contributed by atoms with Crippen molar-refractivity contribution in [1.29, 1.82) is 0 Å². The van der Waals surface area contributed by atoms with E-state index in [1.54, 1.807) is 38.1 Å². The monoisotopic (exact) mass is 351 g/mol. The van der Waals surface area contributed by atoms with Gasteiger partial charge in [-0.1, -0.05) is 44.2 Å². The van der Waals surface area contributed by atoms with Crippen LogP contribution >= 0.6 is 0 Å². The highest BCUT2D eigenvalue weighted by Gasteiger charge is 2.29. The van der Waals surface area contributed by atoms with Gasteiger partial charge in [0.2, 0.25) is 5.91 Å². The standard InChI is InChI=1S/C17H25N3O5/c1-10(2)14(17(24)25)20-15(22)12(19-16(23)13(21)9-18)8-11-6-4-3-5-7-11/h3-7,10,12-14,21H,8-9,18H2,1-2H3,(H,19,23)(H,20,22)(H,24,25)/t12-,13-,14-/m0/s1. The molecule has 0 saturated heterocycles. The number of aliphatic hydroxyl groups is 1. The second-order valence-electron chi connectivity index (χ2n) is 6.07. The highest BCUT2D eigenvalue weighted by atomic mass is 16.4. The van der Waals surface area contributed by atoms with E-state index in [2.05, 4.69) is 10.6 Å². The SMILES string of the molecule is CC(C)[C@H](NC(=O)[C@H](Cc1ccccc1)NC(=O)[C@@H](O)CN)C(=O)O. The zero-order valence-electron chi connectivity index (χ0n) is 14.3. The predicted octanol–water partition coefficient (Wildman–Crippen LogP) is -0.741. The molecule has 1 rings (SSSR count). The molecule has 0 fully saturated rings. The molecule has 0 saturated carbocycles. The molecule has 138 valence electrons. The third-order valence-corrected chi connectivity index (χ3v) is 3.67. The Labute approximate surface area is 146 Å². The van der Waals surface area contributed by atoms with E-state index in [0.717, 1.165) is 5.56 Å². The number of carbonyl (C=O) groups excluding carboxylic acids is 2. The zero-order chi connectivity index (χ0) is 19.0. The topological polar surface area (TPSA) is 142 Å². The lowest BCUT2D eigenvalue weighted by Crippen LogP contribution is -2.55. The van der Waals surface area contributed by atoms with Crippen molar-refractivity contribution >= 4 is 17.8 Å². The summed E-state index contributed by atoms with van der Waals surface area (Å²) in [4.78, 5) is 35.7. The Bertz CT molecular complexity index is 591. The molecule has 8 heteroatoms. The fraction of sp³-hybridized carbons (Fsp3) is 0.471. The summed E-state index contributed by atoms with van der Waals surface area (Å²) in [6.45, 7) is 3.05. The third-order valence-electron chi connectivity index (χ3n) is 3.67. The van der Waals surface area contributed by atoms with Crippen molar-refractivity contribution in [2.75, 3.05) is 6.54 Å². The lowest BCUT2D eigenvalue weighted by atomic mass is 10.0. The molecule has 0 aliphatic carbocycles. The smallest absolute Gasteiger partial charge is 0.326 e. The van der Waals surface area contributed by atoms with E-state index in [4.69, 9.17) is 5.73 Å². The zero-order valence-corrected chi connectivity index (χ0v) is 14.3. The number of aliphatic hydroxyl groups excluding tert-OH is 1. The van der Waals surface area contributed by atoms with Crippen LogP contribution in [0, 0.1) is 5.92 Å². The van der Waals surface area contributed by atoms with Crippen LogP contribution in [0.3, 0.4) is 0 Å². The summed E-state index contributed by atoms with van der Waals surface area (Å²) >= 11 is 0. The summed E-state index contributed by atoms with van der Waals surface area (Å²) in [5, 5.41) is 23.6. The van der Waals surface area contributed by atoms with Gasteiger partial charge >= 0.3 is 5.97 Å². The first-order chi connectivity index (χ1) is 11.8. The van der Waals surface area contributed by atoms with Gasteiger partial charge in [0.05, 0.1) is 0 Å². The Morgan fingerprint density at radius 1 is 1.08 bits per heavy atom. The van der Waals surface area contributed by atoms with E-state index in [1.807, 2.05) is 6.07 Å². The largest absolute Gasteiger partial charge is 0.480 e. The van der Waals surface area contributed by atoms with Gasteiger partial charge < -0.3 is 26.6 Å². The number of nitrogens with two attached hydrogens (primary N) is 1. The Hall–Kier alpha value is -2.45. The first-order valence-electron chi connectivity index (χ1n) is 8.01. The van der Waals surface area contributed by atoms with Crippen molar-refractivity contribution in [1.82, 2.24) is 10.6 Å². The van der Waals surface area contributed by atoms with Crippen molar-refractivity contribution < 1.29 is 24.6 Å². The maximum atomic E-state index is 12.5. The van der Waals surface area contributed by atoms with Crippen LogP contribution in [0.4, 0.5) is 0 Å². The van der Waals surface area contributed by atoms with Gasteiger partial charge in [-0.2, -0.15) is 0 Å². The minimum Gasteiger partial charge on any atom is -0.480 e. The fourth-order valence-electron chi connectivity index (χ4n) is 2.20. The summed E-state index contributed by atoms with van der Waals surface area (Å²) in [6.07, 6.45) is -1.29. The Morgan fingerprint density at radius 3 is 2.16 bits per heavy atom. The molecule has 1 aromatic rings. The van der Waals surface area contributed by atoms with Gasteiger partial charge in [-0.05, 0) is 11.5 Å². The van der Waals surface area contributed by atoms with Crippen LogP contribution < -0.4 is 16.4 Å². The van der Waals surface area contributed by atoms with E-state index >= 15 is 0 Å². The highest BCUT2D eigenvalue weighted by molar-refractivity contribution is 5.91. The summed E-state index contributed by atoms with van der Waals surface area (Å²) in [6, 6.07) is 6.84. The van der Waals surface area contributed by atoms with E-state index in [-0.39, 0.29) is 18.9 Å². The van der Waals surface area contributed by atoms with Crippen LogP contribution in [0.2, 0.25) is 0 Å². The molecule has 0 unspecified atom stereocenters. The molecule has 2 amide bonds. The molecule has 0 aromatic heterocycles. The average Bonchev–Trinajstić information content (AvgIpc) is 2.58. The van der Waals surface area contributed by atoms with Crippen molar-refractivity contribution in [3.8, 4) is 0 Å². The highest BCUT2D eigenvalue weighted by Crippen LogP contribution is 2.07. The number of aliphatic carboxylic acids is 1. The molecule has 0 heterocycles. The molecule has 0 radical (unpaired) electrons. The summed E-state index contributed by atoms with van der Waals surface area (Å²) < 4.78 is 0. The fourth-order valence-corrected chi connectivity index (χ4v) is 2.20. The van der Waals surface area contributed by atoms with Gasteiger partial charge in [0.15, 0.2) is 0 Å². The quantitative estimate of drug-likeness (QED) is 0.397. The first kappa shape index (κ1) is 20.6. The van der Waals surface area contributed by atoms with Crippen molar-refractivity contribution in [3.05, 3.63) is 35.9 Å². The van der Waals surface area contributed by atoms with E-state index in [0.29, 0.717) is 0 Å². The predicted molar refractivity (Wildman–Crippen MR) is 91.5 cm³/mol. The van der Waals surface area contributed by atoms with E-state index in [9.17, 15) is 24.6 Å². The van der Waals surface area contributed by atoms with E-state index in [1.165, 1.54) is 0 Å². The summed E-state index contributed by atoms with van der Waals surface area (Å²) in [7, 11) is 0. The number of amides is 2. The number of hydrogen-bond acceptors (Lipinski definition) is 5. The van der Waals surface area contributed by atoms with Crippen LogP contribution in [0.15, 0.2) is 30.3 Å². The molecule has 25 heavy (non-hydrogen) atoms. The van der Waals surface area contributed by atoms with Crippen LogP contribution in [0.1, 0.15) is 19.4 Å². The number of hydrogen-bond donors (Lipinski definition) is 5. The lowest BCUT2D eigenvalue weighted by molar-refractivity contribution is -0.143. The molecule has 0 bridgehead atoms. The number of nitrogens with one attached hydrogen (secondary N) is 2. The van der Waals surface area contributed by atoms with Gasteiger partial charge in [0, 0.05) is 13.0 Å². The molecule has 0 spiro atoms. The van der Waals surface area contributed by atoms with Gasteiger partial charge in [-0.15, -0.1) is 0 Å². The number of rotatable bonds is 9. The minimum absolute atomic E-state index is 0.153. The maximum Gasteiger partial charge on any atom is 0.326 e. The molecule has 0 aliphatic heterocycles. The molecular formula is C17H25N3O5. The molecule has 3 atom stereocenters. The van der Waals surface area contributed by atoms with E-state index < -0.39 is 36.0 Å². The van der Waals surface area contributed by atoms with Crippen molar-refractivity contribution in [2.45, 2.75) is 38.5 Å². The van der Waals surface area contributed by atoms with Gasteiger partial charge in [-0.25, -0.2) is 4.79 Å². The number of carboxylic acid groups (broad SMARTS) is 1. The second kappa shape index (κ2) is 9.75. The van der Waals surface area contributed by atoms with Gasteiger partial charge in [0.25, 0.3) is 5.91 Å². The maximum absolute atomic E-state index is 12.5. The molecule has 8 nitrogen and oxygen atoms in total. The first-order valence-corrected chi connectivity index (χ1v) is 8.01. The van der Waals surface area contributed by atoms with Crippen molar-refractivity contribution in [3.63, 3.8) is 0 Å². The molecule has 6 N–H and O–H groups in total. The summed E-state index contributed by atoms with van der Waals surface area (Å²) in [5.41, 5.74) is 6.03. The summed E-state index contributed by atoms with van der Waals surface area (Å²) in [5.74, 6) is -2.91. The molecule has 1 aromatic carbocycles. The minimum atomic E-state index is -1.44. The number of carbonyl (C=O) groups is 3. The van der Waals surface area contributed by atoms with Gasteiger partial charge in [0.1, 0.15) is 18.2 Å². The Kier molecular flexibility index (Phi) is 8.03. The van der Waals surface area contributed by atoms with Crippen LogP contribution in [0.5, 0.6) is 0 Å². The van der Waals surface area contributed by atoms with Crippen molar-refractivity contribution in [2.24, 2.45) is 11.7 Å². The second-order valence-corrected chi connectivity index (χ2v) is 6.07. The molecule has 0 aliphatic rings. The van der Waals surface area contributed by atoms with Gasteiger partial charge in [-0.3, -0.25) is 9.59 Å². The number of carboxylic acids is 1. The average molecular weight is 351 g/mol. The van der Waals surface area contributed by atoms with Crippen LogP contribution in [0.25, 0.3) is 0 Å². The normalized spacial score (nSPS) is 14.4. The molecular weight excluding hydrogens is 326 g/mol. The Balaban J connectivity index is 2.93. The van der Waals surface area contributed by atoms with Crippen LogP contribution in [-0.4, -0.2) is 52.7 Å². The third kappa shape index (κ3) is 6.52. The number of benzene rings is 1. The van der Waals surface area contributed by atoms with Crippen LogP contribution in [-0.2, 0) is 20.8 Å². The Morgan fingerprint density at radius 2 is 1.68 bits per heavy atom. The lowest BCUT2D eigenvalue weighted by Gasteiger charge is -2.24.